The monoisotopic (exact) mass is 889 g/mol. The topological polar surface area (TPSA) is 248 Å². The predicted octanol–water partition coefficient (Wildman–Crippen LogP) is 3.93. The first-order valence-corrected chi connectivity index (χ1v) is 21.8. The van der Waals surface area contributed by atoms with Crippen molar-refractivity contribution in [3.05, 3.63) is 88.2 Å². The number of nitrogens with zero attached hydrogens (tertiary/aromatic N) is 12. The minimum Gasteiger partial charge on any atom is -0.439 e. The Labute approximate surface area is 367 Å². The van der Waals surface area contributed by atoms with Crippen molar-refractivity contribution in [2.75, 3.05) is 66.4 Å². The number of carbonyl (C=O) groups excluding carboxylic acids is 5. The lowest BCUT2D eigenvalue weighted by Gasteiger charge is -2.32. The summed E-state index contributed by atoms with van der Waals surface area (Å²) in [4.78, 5) is 98.9. The number of imidazole rings is 1. The van der Waals surface area contributed by atoms with Crippen molar-refractivity contribution < 1.29 is 28.7 Å². The third-order valence-electron chi connectivity index (χ3n) is 10.8. The Balaban J connectivity index is 0.720. The molecule has 0 unspecified atom stereocenters. The van der Waals surface area contributed by atoms with Gasteiger partial charge in [0.15, 0.2) is 18.1 Å². The fraction of sp³-hybridized carbons (Fsp3) is 0.325. The zero-order chi connectivity index (χ0) is 43.3. The van der Waals surface area contributed by atoms with Crippen LogP contribution in [0.1, 0.15) is 47.6 Å². The quantitative estimate of drug-likeness (QED) is 0.112. The normalized spacial score (nSPS) is 18.8. The molecular weight excluding hydrogens is 851 g/mol. The highest BCUT2D eigenvalue weighted by atomic mass is 32.2. The van der Waals surface area contributed by atoms with E-state index >= 15 is 0 Å². The fourth-order valence-corrected chi connectivity index (χ4v) is 8.79. The van der Waals surface area contributed by atoms with Gasteiger partial charge in [-0.2, -0.15) is 0 Å². The molecule has 0 spiro atoms. The number of hydrogen-bond acceptors (Lipinski definition) is 20. The molecule has 0 radical (unpaired) electrons. The summed E-state index contributed by atoms with van der Waals surface area (Å²) in [6.07, 6.45) is 14.8. The Bertz CT molecular complexity index is 2640. The minimum atomic E-state index is -0.818. The van der Waals surface area contributed by atoms with Gasteiger partial charge in [-0.3, -0.25) is 24.5 Å². The van der Waals surface area contributed by atoms with Crippen LogP contribution in [-0.4, -0.2) is 124 Å². The van der Waals surface area contributed by atoms with E-state index in [4.69, 9.17) is 4.74 Å². The molecule has 3 N–H and O–H groups in total. The van der Waals surface area contributed by atoms with Crippen LogP contribution in [0.4, 0.5) is 33.3 Å². The van der Waals surface area contributed by atoms with Crippen LogP contribution in [-0.2, 0) is 14.3 Å². The van der Waals surface area contributed by atoms with Gasteiger partial charge in [-0.25, -0.2) is 49.1 Å². The molecule has 0 atom stereocenters. The number of anilines is 4. The molecule has 23 heteroatoms. The van der Waals surface area contributed by atoms with Gasteiger partial charge in [0.05, 0.1) is 21.2 Å². The van der Waals surface area contributed by atoms with Crippen molar-refractivity contribution in [1.82, 2.24) is 54.7 Å². The smallest absolute Gasteiger partial charge is 0.358 e. The summed E-state index contributed by atoms with van der Waals surface area (Å²) in [5.41, 5.74) is 1.77. The SMILES string of the molecule is O=C1NC(=O)C(=Cc2ccnc(N3CCC(CNc4nccc(C(=O)OCN5C(=O)SC(=Cc6ccnc(N7CCC(CNc8ccc9nccn9n8)CC7)n6)C5=O)n4)CC3)n2)S1. The maximum absolute atomic E-state index is 13.3. The van der Waals surface area contributed by atoms with Crippen molar-refractivity contribution in [1.29, 1.82) is 0 Å². The van der Waals surface area contributed by atoms with E-state index in [0.717, 1.165) is 85.2 Å². The molecule has 322 valence electrons. The van der Waals surface area contributed by atoms with Crippen LogP contribution >= 0.6 is 23.5 Å². The number of thioether (sulfide) groups is 2. The highest BCUT2D eigenvalue weighted by Gasteiger charge is 2.36. The number of ether oxygens (including phenoxy) is 1. The summed E-state index contributed by atoms with van der Waals surface area (Å²) in [6, 6.07) is 8.59. The van der Waals surface area contributed by atoms with E-state index in [9.17, 15) is 24.0 Å². The molecular formula is C40H39N15O6S2. The predicted molar refractivity (Wildman–Crippen MR) is 233 cm³/mol. The molecule has 0 saturated carbocycles. The van der Waals surface area contributed by atoms with Gasteiger partial charge < -0.3 is 25.2 Å². The molecule has 0 aromatic carbocycles. The standard InChI is InChI=1S/C40H39N15O6S2/c56-33-29(62-39(59)50-33)19-26-3-10-43-37(47-26)53-16-8-25(9-17-53)22-46-36-42-12-5-28(49-36)35(58)61-23-54-34(57)30(63-40(54)60)20-27-4-11-44-38(48-27)52-14-6-24(7-15-52)21-45-31-1-2-32-41-13-18-55(32)51-31/h1-5,10-13,18-20,24-25H,6-9,14-17,21-23H2,(H,45,51)(H,42,46,49)(H,50,56,59). The Kier molecular flexibility index (Phi) is 12.2. The number of fused-ring (bicyclic) bond motifs is 1. The highest BCUT2D eigenvalue weighted by Crippen LogP contribution is 2.32. The summed E-state index contributed by atoms with van der Waals surface area (Å²) >= 11 is 1.58. The van der Waals surface area contributed by atoms with Gasteiger partial charge in [-0.15, -0.1) is 5.10 Å². The van der Waals surface area contributed by atoms with Gasteiger partial charge >= 0.3 is 5.97 Å². The highest BCUT2D eigenvalue weighted by molar-refractivity contribution is 8.18. The average molecular weight is 890 g/mol. The van der Waals surface area contributed by atoms with Crippen LogP contribution in [0.25, 0.3) is 17.8 Å². The number of amides is 4. The summed E-state index contributed by atoms with van der Waals surface area (Å²) in [7, 11) is 0. The molecule has 0 bridgehead atoms. The molecule has 4 aliphatic rings. The van der Waals surface area contributed by atoms with Gasteiger partial charge in [-0.05, 0) is 104 Å². The van der Waals surface area contributed by atoms with Gasteiger partial charge in [0.1, 0.15) is 5.82 Å². The van der Waals surface area contributed by atoms with E-state index in [0.29, 0.717) is 48.8 Å². The van der Waals surface area contributed by atoms with E-state index in [1.165, 1.54) is 12.3 Å². The Hall–Kier alpha value is -7.01. The van der Waals surface area contributed by atoms with Crippen LogP contribution in [0.5, 0.6) is 0 Å². The lowest BCUT2D eigenvalue weighted by atomic mass is 9.97. The summed E-state index contributed by atoms with van der Waals surface area (Å²) in [6.45, 7) is 3.67. The van der Waals surface area contributed by atoms with E-state index in [2.05, 4.69) is 65.7 Å². The second-order valence-electron chi connectivity index (χ2n) is 14.9. The van der Waals surface area contributed by atoms with E-state index in [1.54, 1.807) is 47.4 Å². The number of carbonyl (C=O) groups is 5. The molecule has 21 nitrogen and oxygen atoms in total. The lowest BCUT2D eigenvalue weighted by Crippen LogP contribution is -2.37. The Morgan fingerprint density at radius 1 is 0.746 bits per heavy atom. The van der Waals surface area contributed by atoms with Crippen LogP contribution in [0.2, 0.25) is 0 Å². The minimum absolute atomic E-state index is 0.0343. The first-order chi connectivity index (χ1) is 30.7. The van der Waals surface area contributed by atoms with E-state index in [-0.39, 0.29) is 27.4 Å². The Morgan fingerprint density at radius 2 is 1.40 bits per heavy atom. The van der Waals surface area contributed by atoms with Crippen LogP contribution in [0, 0.1) is 11.8 Å². The van der Waals surface area contributed by atoms with Gasteiger partial charge in [-0.1, -0.05) is 0 Å². The first kappa shape index (κ1) is 41.3. The van der Waals surface area contributed by atoms with Crippen LogP contribution in [0.3, 0.4) is 0 Å². The average Bonchev–Trinajstić information content (AvgIpc) is 3.99. The number of nitrogens with one attached hydrogen (secondary N) is 3. The number of esters is 1. The lowest BCUT2D eigenvalue weighted by molar-refractivity contribution is -0.125. The van der Waals surface area contributed by atoms with Gasteiger partial charge in [0.25, 0.3) is 22.3 Å². The van der Waals surface area contributed by atoms with Crippen LogP contribution in [0.15, 0.2) is 71.1 Å². The second kappa shape index (κ2) is 18.5. The van der Waals surface area contributed by atoms with Crippen molar-refractivity contribution in [2.24, 2.45) is 11.8 Å². The zero-order valence-corrected chi connectivity index (χ0v) is 35.1. The summed E-state index contributed by atoms with van der Waals surface area (Å²) in [5.74, 6) is 0.967. The largest absolute Gasteiger partial charge is 0.439 e. The Morgan fingerprint density at radius 3 is 2.06 bits per heavy atom. The van der Waals surface area contributed by atoms with Crippen LogP contribution < -0.4 is 25.8 Å². The van der Waals surface area contributed by atoms with Gasteiger partial charge in [0, 0.05) is 70.3 Å². The molecule has 5 aromatic heterocycles. The van der Waals surface area contributed by atoms with E-state index < -0.39 is 35.0 Å². The van der Waals surface area contributed by atoms with Crippen molar-refractivity contribution >= 4 is 93.2 Å². The summed E-state index contributed by atoms with van der Waals surface area (Å²) < 4.78 is 7.10. The maximum Gasteiger partial charge on any atom is 0.358 e. The maximum atomic E-state index is 13.3. The number of imide groups is 2. The number of hydrogen-bond donors (Lipinski definition) is 3. The van der Waals surface area contributed by atoms with E-state index in [1.807, 2.05) is 18.3 Å². The van der Waals surface area contributed by atoms with Crippen molar-refractivity contribution in [3.63, 3.8) is 0 Å². The summed E-state index contributed by atoms with van der Waals surface area (Å²) in [5, 5.41) is 12.4. The molecule has 9 rings (SSSR count). The molecule has 4 aliphatic heterocycles. The first-order valence-electron chi connectivity index (χ1n) is 20.2. The molecule has 4 saturated heterocycles. The zero-order valence-electron chi connectivity index (χ0n) is 33.5. The van der Waals surface area contributed by atoms with Crippen molar-refractivity contribution in [2.45, 2.75) is 25.7 Å². The molecule has 9 heterocycles. The van der Waals surface area contributed by atoms with Crippen molar-refractivity contribution in [3.8, 4) is 0 Å². The number of aromatic nitrogens is 9. The molecule has 0 aliphatic carbocycles. The molecule has 4 amide bonds. The molecule has 63 heavy (non-hydrogen) atoms. The second-order valence-corrected chi connectivity index (χ2v) is 16.9. The number of piperidine rings is 2. The molecule has 5 aromatic rings. The fourth-order valence-electron chi connectivity index (χ4n) is 7.31. The third kappa shape index (κ3) is 9.88. The number of rotatable bonds is 13. The third-order valence-corrected chi connectivity index (χ3v) is 12.5. The molecule has 4 fully saturated rings. The van der Waals surface area contributed by atoms with Gasteiger partial charge in [0.2, 0.25) is 17.8 Å².